The maximum atomic E-state index is 13.2. The molecule has 192 valence electrons. The fourth-order valence-electron chi connectivity index (χ4n) is 3.59. The number of thiophene rings is 2. The summed E-state index contributed by atoms with van der Waals surface area (Å²) in [6, 6.07) is 22.1. The van der Waals surface area contributed by atoms with Crippen LogP contribution >= 0.6 is 34.4 Å². The van der Waals surface area contributed by atoms with Crippen molar-refractivity contribution in [1.29, 1.82) is 5.26 Å². The zero-order chi connectivity index (χ0) is 27.1. The normalized spacial score (nSPS) is 11.3. The number of carbonyl (C=O) groups is 3. The third-order valence-corrected chi connectivity index (χ3v) is 8.94. The van der Waals surface area contributed by atoms with Crippen molar-refractivity contribution in [3.8, 4) is 6.07 Å². The topological polar surface area (TPSA) is 111 Å². The summed E-state index contributed by atoms with van der Waals surface area (Å²) >= 11 is 3.82. The Morgan fingerprint density at radius 1 is 0.947 bits per heavy atom. The Bertz CT molecular complexity index is 1490. The van der Waals surface area contributed by atoms with E-state index in [9.17, 15) is 19.6 Å². The predicted molar refractivity (Wildman–Crippen MR) is 155 cm³/mol. The number of nitriles is 1. The van der Waals surface area contributed by atoms with E-state index in [2.05, 4.69) is 22.0 Å². The number of thioether (sulfide) groups is 1. The number of anilines is 3. The van der Waals surface area contributed by atoms with Crippen LogP contribution in [0.4, 0.5) is 16.4 Å². The van der Waals surface area contributed by atoms with Crippen molar-refractivity contribution in [3.05, 3.63) is 93.0 Å². The second-order valence-corrected chi connectivity index (χ2v) is 11.4. The molecule has 0 spiro atoms. The van der Waals surface area contributed by atoms with E-state index >= 15 is 0 Å². The van der Waals surface area contributed by atoms with Gasteiger partial charge in [0.1, 0.15) is 11.1 Å². The Labute approximate surface area is 232 Å². The first-order valence-corrected chi connectivity index (χ1v) is 14.3. The summed E-state index contributed by atoms with van der Waals surface area (Å²) in [5.41, 5.74) is 2.08. The molecule has 0 bridgehead atoms. The molecule has 4 rings (SSSR count). The minimum Gasteiger partial charge on any atom is -0.321 e. The van der Waals surface area contributed by atoms with Gasteiger partial charge in [-0.25, -0.2) is 0 Å². The predicted octanol–water partition coefficient (Wildman–Crippen LogP) is 7.00. The highest BCUT2D eigenvalue weighted by Crippen LogP contribution is 2.35. The van der Waals surface area contributed by atoms with Gasteiger partial charge in [0.2, 0.25) is 5.91 Å². The van der Waals surface area contributed by atoms with Crippen molar-refractivity contribution in [2.75, 3.05) is 16.0 Å². The zero-order valence-electron chi connectivity index (χ0n) is 20.6. The monoisotopic (exact) mass is 560 g/mol. The van der Waals surface area contributed by atoms with E-state index in [0.29, 0.717) is 38.1 Å². The summed E-state index contributed by atoms with van der Waals surface area (Å²) in [4.78, 5) is 40.3. The Balaban J connectivity index is 1.46. The highest BCUT2D eigenvalue weighted by atomic mass is 32.2. The lowest BCUT2D eigenvalue weighted by molar-refractivity contribution is -0.115. The Kier molecular flexibility index (Phi) is 8.97. The number of benzene rings is 2. The second kappa shape index (κ2) is 12.6. The minimum atomic E-state index is -0.450. The third kappa shape index (κ3) is 6.50. The molecule has 3 amide bonds. The molecular formula is C28H24N4O3S3. The van der Waals surface area contributed by atoms with E-state index in [1.807, 2.05) is 54.8 Å². The molecule has 1 unspecified atom stereocenters. The second-order valence-electron chi connectivity index (χ2n) is 8.16. The maximum absolute atomic E-state index is 13.2. The number of nitrogens with zero attached hydrogens (tertiary/aromatic N) is 1. The van der Waals surface area contributed by atoms with Crippen LogP contribution in [0.25, 0.3) is 0 Å². The van der Waals surface area contributed by atoms with Gasteiger partial charge >= 0.3 is 0 Å². The number of hydrogen-bond donors (Lipinski definition) is 3. The van der Waals surface area contributed by atoms with Gasteiger partial charge in [0.05, 0.1) is 20.6 Å². The number of rotatable bonds is 9. The summed E-state index contributed by atoms with van der Waals surface area (Å²) in [5.74, 6) is -0.784. The van der Waals surface area contributed by atoms with Crippen LogP contribution in [0, 0.1) is 18.3 Å². The van der Waals surface area contributed by atoms with E-state index in [-0.39, 0.29) is 23.3 Å². The first kappa shape index (κ1) is 27.1. The molecule has 4 aromatic rings. The van der Waals surface area contributed by atoms with Gasteiger partial charge < -0.3 is 16.0 Å². The van der Waals surface area contributed by atoms with Crippen molar-refractivity contribution in [3.63, 3.8) is 0 Å². The first-order valence-electron chi connectivity index (χ1n) is 11.7. The standard InChI is InChI=1S/C28H24N4O3S3/c1-3-22(37-20-12-7-11-19(15-20)31-26(34)23-13-8-14-36-23)25(33)32-28-21(16-29)17(2)24(38-28)27(35)30-18-9-5-4-6-10-18/h4-15,22H,3H2,1-2H3,(H,30,35)(H,31,34)(H,32,33). The van der Waals surface area contributed by atoms with Gasteiger partial charge in [-0.15, -0.1) is 34.4 Å². The molecular weight excluding hydrogens is 537 g/mol. The lowest BCUT2D eigenvalue weighted by atomic mass is 10.1. The van der Waals surface area contributed by atoms with Crippen LogP contribution in [0.1, 0.15) is 43.8 Å². The maximum Gasteiger partial charge on any atom is 0.266 e. The molecule has 10 heteroatoms. The minimum absolute atomic E-state index is 0.184. The van der Waals surface area contributed by atoms with Gasteiger partial charge in [0, 0.05) is 16.3 Å². The van der Waals surface area contributed by atoms with E-state index in [0.717, 1.165) is 16.2 Å². The van der Waals surface area contributed by atoms with Crippen LogP contribution in [0.15, 0.2) is 77.0 Å². The lowest BCUT2D eigenvalue weighted by Crippen LogP contribution is -2.24. The SMILES string of the molecule is CCC(Sc1cccc(NC(=O)c2cccs2)c1)C(=O)Nc1sc(C(=O)Nc2ccccc2)c(C)c1C#N. The fourth-order valence-corrected chi connectivity index (χ4v) is 6.28. The van der Waals surface area contributed by atoms with Crippen molar-refractivity contribution < 1.29 is 14.4 Å². The van der Waals surface area contributed by atoms with Crippen LogP contribution < -0.4 is 16.0 Å². The summed E-state index contributed by atoms with van der Waals surface area (Å²) < 4.78 is 0. The molecule has 3 N–H and O–H groups in total. The summed E-state index contributed by atoms with van der Waals surface area (Å²) in [6.45, 7) is 3.61. The number of carbonyl (C=O) groups excluding carboxylic acids is 3. The van der Waals surface area contributed by atoms with E-state index < -0.39 is 5.25 Å². The van der Waals surface area contributed by atoms with Crippen molar-refractivity contribution in [2.24, 2.45) is 0 Å². The number of nitrogens with one attached hydrogen (secondary N) is 3. The summed E-state index contributed by atoms with van der Waals surface area (Å²) in [6.07, 6.45) is 0.538. The molecule has 0 saturated heterocycles. The smallest absolute Gasteiger partial charge is 0.266 e. The van der Waals surface area contributed by atoms with E-state index in [1.54, 1.807) is 31.2 Å². The average molecular weight is 561 g/mol. The summed E-state index contributed by atoms with van der Waals surface area (Å²) in [5, 5.41) is 20.1. The molecule has 0 aliphatic carbocycles. The van der Waals surface area contributed by atoms with Gasteiger partial charge in [-0.2, -0.15) is 5.26 Å². The van der Waals surface area contributed by atoms with Crippen LogP contribution in [0.2, 0.25) is 0 Å². The highest BCUT2D eigenvalue weighted by molar-refractivity contribution is 8.00. The van der Waals surface area contributed by atoms with Gasteiger partial charge in [0.15, 0.2) is 0 Å². The van der Waals surface area contributed by atoms with Gasteiger partial charge in [-0.3, -0.25) is 14.4 Å². The molecule has 0 radical (unpaired) electrons. The molecule has 0 aliphatic rings. The van der Waals surface area contributed by atoms with Crippen LogP contribution in [0.3, 0.4) is 0 Å². The van der Waals surface area contributed by atoms with Crippen LogP contribution in [-0.4, -0.2) is 23.0 Å². The van der Waals surface area contributed by atoms with Crippen molar-refractivity contribution in [2.45, 2.75) is 30.4 Å². The first-order chi connectivity index (χ1) is 18.4. The quantitative estimate of drug-likeness (QED) is 0.191. The lowest BCUT2D eigenvalue weighted by Gasteiger charge is -2.15. The molecule has 1 atom stereocenters. The number of amides is 3. The Hall–Kier alpha value is -3.91. The highest BCUT2D eigenvalue weighted by Gasteiger charge is 2.25. The van der Waals surface area contributed by atoms with Crippen LogP contribution in [-0.2, 0) is 4.79 Å². The third-order valence-electron chi connectivity index (χ3n) is 5.51. The fraction of sp³-hybridized carbons (Fsp3) is 0.143. The number of para-hydroxylation sites is 1. The average Bonchev–Trinajstić information content (AvgIpc) is 3.56. The molecule has 2 aromatic heterocycles. The zero-order valence-corrected chi connectivity index (χ0v) is 23.1. The summed E-state index contributed by atoms with van der Waals surface area (Å²) in [7, 11) is 0. The number of hydrogen-bond acceptors (Lipinski definition) is 7. The van der Waals surface area contributed by atoms with Crippen molar-refractivity contribution >= 4 is 68.5 Å². The molecule has 2 aromatic carbocycles. The van der Waals surface area contributed by atoms with Gasteiger partial charge in [0.25, 0.3) is 11.8 Å². The molecule has 38 heavy (non-hydrogen) atoms. The van der Waals surface area contributed by atoms with E-state index in [1.165, 1.54) is 23.1 Å². The molecule has 0 saturated carbocycles. The van der Waals surface area contributed by atoms with Gasteiger partial charge in [-0.05, 0) is 60.7 Å². The van der Waals surface area contributed by atoms with Crippen molar-refractivity contribution in [1.82, 2.24) is 0 Å². The molecule has 7 nitrogen and oxygen atoms in total. The Morgan fingerprint density at radius 2 is 1.68 bits per heavy atom. The van der Waals surface area contributed by atoms with E-state index in [4.69, 9.17) is 0 Å². The van der Waals surface area contributed by atoms with Gasteiger partial charge in [-0.1, -0.05) is 37.3 Å². The molecule has 0 aliphatic heterocycles. The van der Waals surface area contributed by atoms with Crippen LogP contribution in [0.5, 0.6) is 0 Å². The molecule has 0 fully saturated rings. The molecule has 2 heterocycles. The largest absolute Gasteiger partial charge is 0.321 e. The Morgan fingerprint density at radius 3 is 2.37 bits per heavy atom.